The number of pyridine rings is 1. The summed E-state index contributed by atoms with van der Waals surface area (Å²) < 4.78 is 0. The molecule has 72 valence electrons. The summed E-state index contributed by atoms with van der Waals surface area (Å²) in [5.74, 6) is 0.627. The van der Waals surface area contributed by atoms with Gasteiger partial charge in [0.15, 0.2) is 0 Å². The van der Waals surface area contributed by atoms with Crippen LogP contribution in [-0.4, -0.2) is 22.7 Å². The maximum absolute atomic E-state index is 9.04. The van der Waals surface area contributed by atoms with E-state index in [1.807, 2.05) is 13.0 Å². The maximum Gasteiger partial charge on any atom is 0.145 e. The number of halogens is 1. The molecule has 0 unspecified atom stereocenters. The highest BCUT2D eigenvalue weighted by Crippen LogP contribution is 2.22. The third kappa shape index (κ3) is 2.86. The molecule has 4 heteroatoms. The van der Waals surface area contributed by atoms with Crippen LogP contribution in [-0.2, 0) is 0 Å². The first kappa shape index (κ1) is 10.3. The van der Waals surface area contributed by atoms with Crippen molar-refractivity contribution in [2.75, 3.05) is 11.9 Å². The van der Waals surface area contributed by atoms with Crippen LogP contribution < -0.4 is 5.32 Å². The molecule has 0 amide bonds. The highest BCUT2D eigenvalue weighted by molar-refractivity contribution is 6.33. The van der Waals surface area contributed by atoms with E-state index in [0.717, 1.165) is 5.56 Å². The summed E-state index contributed by atoms with van der Waals surface area (Å²) >= 11 is 5.97. The first-order valence-electron chi connectivity index (χ1n) is 4.14. The predicted molar refractivity (Wildman–Crippen MR) is 54.2 cm³/mol. The Hall–Kier alpha value is -0.800. The van der Waals surface area contributed by atoms with Crippen LogP contribution in [0, 0.1) is 6.92 Å². The number of rotatable bonds is 3. The third-order valence-electron chi connectivity index (χ3n) is 1.65. The van der Waals surface area contributed by atoms with E-state index in [9.17, 15) is 0 Å². The minimum atomic E-state index is -0.404. The lowest BCUT2D eigenvalue weighted by atomic mass is 10.3. The van der Waals surface area contributed by atoms with Gasteiger partial charge in [-0.05, 0) is 25.5 Å². The van der Waals surface area contributed by atoms with Crippen molar-refractivity contribution in [3.63, 3.8) is 0 Å². The Balaban J connectivity index is 2.71. The van der Waals surface area contributed by atoms with Crippen LogP contribution >= 0.6 is 11.6 Å². The molecule has 1 aromatic heterocycles. The molecule has 0 spiro atoms. The van der Waals surface area contributed by atoms with Gasteiger partial charge in [0.05, 0.1) is 11.1 Å². The molecule has 1 rings (SSSR count). The average molecular weight is 201 g/mol. The van der Waals surface area contributed by atoms with Gasteiger partial charge in [0, 0.05) is 12.7 Å². The number of hydrogen-bond donors (Lipinski definition) is 2. The van der Waals surface area contributed by atoms with Gasteiger partial charge >= 0.3 is 0 Å². The van der Waals surface area contributed by atoms with Crippen molar-refractivity contribution in [1.82, 2.24) is 4.98 Å². The van der Waals surface area contributed by atoms with E-state index in [1.54, 1.807) is 13.1 Å². The second-order valence-electron chi connectivity index (χ2n) is 3.02. The Morgan fingerprint density at radius 2 is 2.38 bits per heavy atom. The van der Waals surface area contributed by atoms with Crippen LogP contribution in [0.4, 0.5) is 5.82 Å². The smallest absolute Gasteiger partial charge is 0.145 e. The van der Waals surface area contributed by atoms with Gasteiger partial charge < -0.3 is 10.4 Å². The van der Waals surface area contributed by atoms with E-state index in [4.69, 9.17) is 16.7 Å². The van der Waals surface area contributed by atoms with Gasteiger partial charge in [0.2, 0.25) is 0 Å². The van der Waals surface area contributed by atoms with Crippen LogP contribution in [0.15, 0.2) is 12.3 Å². The highest BCUT2D eigenvalue weighted by Gasteiger charge is 2.04. The minimum Gasteiger partial charge on any atom is -0.392 e. The van der Waals surface area contributed by atoms with Gasteiger partial charge in [-0.1, -0.05) is 11.6 Å². The van der Waals surface area contributed by atoms with Crippen LogP contribution in [0.1, 0.15) is 12.5 Å². The van der Waals surface area contributed by atoms with E-state index in [0.29, 0.717) is 17.4 Å². The number of aromatic nitrogens is 1. The SMILES string of the molecule is Cc1ccnc(NC[C@@H](C)O)c1Cl. The summed E-state index contributed by atoms with van der Waals surface area (Å²) in [4.78, 5) is 4.06. The number of aliphatic hydroxyl groups excluding tert-OH is 1. The second-order valence-corrected chi connectivity index (χ2v) is 3.40. The summed E-state index contributed by atoms with van der Waals surface area (Å²) in [6.07, 6.45) is 1.28. The molecule has 1 heterocycles. The van der Waals surface area contributed by atoms with Gasteiger partial charge in [0.25, 0.3) is 0 Å². The molecular formula is C9H13ClN2O. The number of hydrogen-bond acceptors (Lipinski definition) is 3. The van der Waals surface area contributed by atoms with Crippen molar-refractivity contribution >= 4 is 17.4 Å². The van der Waals surface area contributed by atoms with E-state index >= 15 is 0 Å². The topological polar surface area (TPSA) is 45.2 Å². The van der Waals surface area contributed by atoms with Crippen molar-refractivity contribution in [1.29, 1.82) is 0 Å². The Morgan fingerprint density at radius 1 is 1.69 bits per heavy atom. The van der Waals surface area contributed by atoms with Crippen molar-refractivity contribution in [3.8, 4) is 0 Å². The summed E-state index contributed by atoms with van der Waals surface area (Å²) in [6, 6.07) is 1.84. The molecule has 0 aliphatic heterocycles. The van der Waals surface area contributed by atoms with Crippen LogP contribution in [0.25, 0.3) is 0 Å². The van der Waals surface area contributed by atoms with Crippen LogP contribution in [0.3, 0.4) is 0 Å². The fraction of sp³-hybridized carbons (Fsp3) is 0.444. The zero-order chi connectivity index (χ0) is 9.84. The largest absolute Gasteiger partial charge is 0.392 e. The van der Waals surface area contributed by atoms with Crippen molar-refractivity contribution in [2.24, 2.45) is 0 Å². The minimum absolute atomic E-state index is 0.404. The Kier molecular flexibility index (Phi) is 3.51. The number of nitrogens with zero attached hydrogens (tertiary/aromatic N) is 1. The maximum atomic E-state index is 9.04. The molecule has 0 aliphatic carbocycles. The van der Waals surface area contributed by atoms with Gasteiger partial charge in [-0.25, -0.2) is 4.98 Å². The van der Waals surface area contributed by atoms with Crippen molar-refractivity contribution in [3.05, 3.63) is 22.8 Å². The zero-order valence-electron chi connectivity index (χ0n) is 7.71. The van der Waals surface area contributed by atoms with Gasteiger partial charge in [0.1, 0.15) is 5.82 Å². The lowest BCUT2D eigenvalue weighted by Crippen LogP contribution is -2.16. The van der Waals surface area contributed by atoms with Crippen molar-refractivity contribution in [2.45, 2.75) is 20.0 Å². The zero-order valence-corrected chi connectivity index (χ0v) is 8.47. The monoisotopic (exact) mass is 200 g/mol. The van der Waals surface area contributed by atoms with Crippen LogP contribution in [0.5, 0.6) is 0 Å². The van der Waals surface area contributed by atoms with E-state index < -0.39 is 6.10 Å². The molecule has 0 saturated carbocycles. The Bertz CT molecular complexity index is 289. The van der Waals surface area contributed by atoms with Crippen LogP contribution in [0.2, 0.25) is 5.02 Å². The Labute approximate surface area is 82.8 Å². The molecule has 2 N–H and O–H groups in total. The number of nitrogens with one attached hydrogen (secondary N) is 1. The molecule has 1 atom stereocenters. The molecule has 13 heavy (non-hydrogen) atoms. The number of aryl methyl sites for hydroxylation is 1. The second kappa shape index (κ2) is 4.44. The van der Waals surface area contributed by atoms with E-state index in [-0.39, 0.29) is 0 Å². The number of anilines is 1. The summed E-state index contributed by atoms with van der Waals surface area (Å²) in [6.45, 7) is 4.07. The fourth-order valence-corrected chi connectivity index (χ4v) is 1.09. The first-order valence-corrected chi connectivity index (χ1v) is 4.52. The standard InChI is InChI=1S/C9H13ClN2O/c1-6-3-4-11-9(8(6)10)12-5-7(2)13/h3-4,7,13H,5H2,1-2H3,(H,11,12)/t7-/m1/s1. The first-order chi connectivity index (χ1) is 6.11. The summed E-state index contributed by atoms with van der Waals surface area (Å²) in [5, 5.41) is 12.6. The normalized spacial score (nSPS) is 12.6. The molecule has 0 aliphatic rings. The summed E-state index contributed by atoms with van der Waals surface area (Å²) in [5.41, 5.74) is 0.977. The van der Waals surface area contributed by atoms with Crippen molar-refractivity contribution < 1.29 is 5.11 Å². The quantitative estimate of drug-likeness (QED) is 0.783. The lowest BCUT2D eigenvalue weighted by molar-refractivity contribution is 0.208. The third-order valence-corrected chi connectivity index (χ3v) is 2.12. The molecular weight excluding hydrogens is 188 g/mol. The highest BCUT2D eigenvalue weighted by atomic mass is 35.5. The van der Waals surface area contributed by atoms with E-state index in [1.165, 1.54) is 0 Å². The average Bonchev–Trinajstić information content (AvgIpc) is 2.07. The molecule has 3 nitrogen and oxygen atoms in total. The molecule has 0 saturated heterocycles. The number of aliphatic hydroxyl groups is 1. The molecule has 0 bridgehead atoms. The molecule has 0 aromatic carbocycles. The molecule has 0 radical (unpaired) electrons. The fourth-order valence-electron chi connectivity index (χ4n) is 0.908. The predicted octanol–water partition coefficient (Wildman–Crippen LogP) is 1.84. The van der Waals surface area contributed by atoms with Gasteiger partial charge in [-0.15, -0.1) is 0 Å². The van der Waals surface area contributed by atoms with Gasteiger partial charge in [-0.3, -0.25) is 0 Å². The summed E-state index contributed by atoms with van der Waals surface area (Å²) in [7, 11) is 0. The van der Waals surface area contributed by atoms with Gasteiger partial charge in [-0.2, -0.15) is 0 Å². The Morgan fingerprint density at radius 3 is 3.00 bits per heavy atom. The lowest BCUT2D eigenvalue weighted by Gasteiger charge is -2.09. The molecule has 1 aromatic rings. The molecule has 0 fully saturated rings. The van der Waals surface area contributed by atoms with E-state index in [2.05, 4.69) is 10.3 Å².